The number of hydrogen-bond acceptors (Lipinski definition) is 11. The van der Waals surface area contributed by atoms with Gasteiger partial charge >= 0.3 is 12.0 Å². The van der Waals surface area contributed by atoms with Crippen LogP contribution in [0.5, 0.6) is 11.5 Å². The van der Waals surface area contributed by atoms with E-state index >= 15 is 8.78 Å². The van der Waals surface area contributed by atoms with Gasteiger partial charge in [0.05, 0.1) is 36.6 Å². The summed E-state index contributed by atoms with van der Waals surface area (Å²) >= 11 is 7.84. The predicted molar refractivity (Wildman–Crippen MR) is 211 cm³/mol. The van der Waals surface area contributed by atoms with E-state index in [9.17, 15) is 18.8 Å². The lowest BCUT2D eigenvalue weighted by Gasteiger charge is -2.38. The molecule has 2 N–H and O–H groups in total. The summed E-state index contributed by atoms with van der Waals surface area (Å²) in [5.41, 5.74) is 0.655. The van der Waals surface area contributed by atoms with Crippen molar-refractivity contribution in [3.63, 3.8) is 0 Å². The number of halogens is 4. The zero-order valence-electron chi connectivity index (χ0n) is 31.9. The van der Waals surface area contributed by atoms with Crippen molar-refractivity contribution in [1.82, 2.24) is 25.4 Å². The molecule has 3 aromatic carbocycles. The summed E-state index contributed by atoms with van der Waals surface area (Å²) in [6, 6.07) is 9.71. The van der Waals surface area contributed by atoms with Gasteiger partial charge in [-0.25, -0.2) is 27.7 Å². The molecule has 2 unspecified atom stereocenters. The largest absolute Gasteiger partial charge is 0.466 e. The number of amidine groups is 1. The van der Waals surface area contributed by atoms with E-state index in [1.54, 1.807) is 30.3 Å². The molecule has 1 aromatic heterocycles. The molecule has 13 nitrogen and oxygen atoms in total. The first-order valence-electron chi connectivity index (χ1n) is 18.1. The Labute approximate surface area is 341 Å². The maximum Gasteiger partial charge on any atom is 0.338 e. The van der Waals surface area contributed by atoms with Crippen LogP contribution in [0.2, 0.25) is 5.02 Å². The van der Waals surface area contributed by atoms with E-state index in [1.165, 1.54) is 66.9 Å². The number of fused-ring (bicyclic) bond motifs is 1. The van der Waals surface area contributed by atoms with Gasteiger partial charge < -0.3 is 29.7 Å². The molecule has 2 atom stereocenters. The highest BCUT2D eigenvalue weighted by atomic mass is 35.5. The van der Waals surface area contributed by atoms with Crippen LogP contribution in [0.1, 0.15) is 40.8 Å². The minimum absolute atomic E-state index is 0.0502. The topological polar surface area (TPSA) is 138 Å². The standard InChI is InChI=1S/C40H39ClF3N7O6S/c1-40(2,21-55-3)48-36(52)22-5-8-32(30(44)13-22)57-27-15-24(43)14-25(17-27)51-19-26-18-49(10-11-50(26)39(51)54)20-31-33(38(53)56-4)34(28-7-6-23(42)16-29(28)41)47-35(46-31)37-45-9-12-58-37/h5-9,12-17,26,34H,10-11,18-21H2,1-4H3,(H,46,47)(H,48,52). The first-order chi connectivity index (χ1) is 27.7. The molecule has 3 aliphatic rings. The van der Waals surface area contributed by atoms with Gasteiger partial charge in [-0.05, 0) is 50.2 Å². The number of carbonyl (C=O) groups is 3. The number of thiazole rings is 1. The minimum Gasteiger partial charge on any atom is -0.466 e. The van der Waals surface area contributed by atoms with E-state index in [4.69, 9.17) is 30.8 Å². The smallest absolute Gasteiger partial charge is 0.338 e. The fraction of sp³-hybridized carbons (Fsp3) is 0.325. The van der Waals surface area contributed by atoms with Gasteiger partial charge in [-0.15, -0.1) is 11.3 Å². The van der Waals surface area contributed by atoms with Crippen molar-refractivity contribution in [2.24, 2.45) is 4.99 Å². The summed E-state index contributed by atoms with van der Waals surface area (Å²) in [6.45, 7) is 5.35. The molecular weight excluding hydrogens is 799 g/mol. The molecule has 0 saturated carbocycles. The van der Waals surface area contributed by atoms with Crippen molar-refractivity contribution < 1.29 is 41.8 Å². The first-order valence-corrected chi connectivity index (χ1v) is 19.4. The maximum atomic E-state index is 15.2. The number of rotatable bonds is 12. The number of ether oxygens (including phenoxy) is 3. The summed E-state index contributed by atoms with van der Waals surface area (Å²) in [5.74, 6) is -3.14. The molecule has 3 amide bonds. The zero-order chi connectivity index (χ0) is 41.3. The average molecular weight is 838 g/mol. The van der Waals surface area contributed by atoms with Gasteiger partial charge in [0.25, 0.3) is 5.91 Å². The van der Waals surface area contributed by atoms with Gasteiger partial charge in [-0.3, -0.25) is 19.6 Å². The maximum absolute atomic E-state index is 15.2. The third kappa shape index (κ3) is 8.67. The Hall–Kier alpha value is -5.49. The van der Waals surface area contributed by atoms with Crippen LogP contribution in [0.15, 0.2) is 82.4 Å². The third-order valence-corrected chi connectivity index (χ3v) is 10.9. The molecule has 7 rings (SSSR count). The molecule has 3 aliphatic heterocycles. The number of benzene rings is 3. The number of amides is 3. The van der Waals surface area contributed by atoms with Crippen LogP contribution in [0.4, 0.5) is 23.7 Å². The van der Waals surface area contributed by atoms with Gasteiger partial charge in [0.1, 0.15) is 23.4 Å². The van der Waals surface area contributed by atoms with E-state index in [0.717, 1.165) is 18.2 Å². The molecule has 4 aromatic rings. The lowest BCUT2D eigenvalue weighted by atomic mass is 9.95. The van der Waals surface area contributed by atoms with Crippen LogP contribution in [-0.4, -0.2) is 104 Å². The number of methoxy groups -OCH3 is 2. The number of aliphatic imine (C=N–C) groups is 1. The molecule has 2 saturated heterocycles. The second-order valence-electron chi connectivity index (χ2n) is 14.5. The van der Waals surface area contributed by atoms with Gasteiger partial charge in [-0.1, -0.05) is 17.7 Å². The number of aromatic nitrogens is 1. The summed E-state index contributed by atoms with van der Waals surface area (Å²) < 4.78 is 60.4. The van der Waals surface area contributed by atoms with E-state index in [-0.39, 0.29) is 65.1 Å². The fourth-order valence-electron chi connectivity index (χ4n) is 7.21. The number of anilines is 1. The Bertz CT molecular complexity index is 2310. The number of hydrogen-bond donors (Lipinski definition) is 2. The molecular formula is C40H39ClF3N7O6S. The lowest BCUT2D eigenvalue weighted by Crippen LogP contribution is -2.53. The highest BCUT2D eigenvalue weighted by Gasteiger charge is 2.42. The molecule has 0 aliphatic carbocycles. The number of piperazine rings is 1. The molecule has 58 heavy (non-hydrogen) atoms. The highest BCUT2D eigenvalue weighted by molar-refractivity contribution is 7.11. The van der Waals surface area contributed by atoms with Crippen molar-refractivity contribution in [3.05, 3.63) is 116 Å². The van der Waals surface area contributed by atoms with Gasteiger partial charge in [0.15, 0.2) is 22.4 Å². The molecule has 0 spiro atoms. The highest BCUT2D eigenvalue weighted by Crippen LogP contribution is 2.38. The molecule has 2 fully saturated rings. The van der Waals surface area contributed by atoms with Crippen LogP contribution in [0, 0.1) is 17.5 Å². The Morgan fingerprint density at radius 2 is 1.84 bits per heavy atom. The van der Waals surface area contributed by atoms with Crippen LogP contribution >= 0.6 is 22.9 Å². The predicted octanol–water partition coefficient (Wildman–Crippen LogP) is 6.31. The molecule has 4 heterocycles. The fourth-order valence-corrected chi connectivity index (χ4v) is 8.07. The Balaban J connectivity index is 1.08. The number of nitrogens with one attached hydrogen (secondary N) is 2. The Morgan fingerprint density at radius 1 is 1.03 bits per heavy atom. The van der Waals surface area contributed by atoms with Crippen LogP contribution in [-0.2, 0) is 14.3 Å². The first kappa shape index (κ1) is 40.7. The normalized spacial score (nSPS) is 18.5. The van der Waals surface area contributed by atoms with E-state index < -0.39 is 40.9 Å². The number of nitrogens with zero attached hydrogens (tertiary/aromatic N) is 5. The number of esters is 1. The monoisotopic (exact) mass is 837 g/mol. The van der Waals surface area contributed by atoms with Crippen molar-refractivity contribution in [2.45, 2.75) is 31.5 Å². The second-order valence-corrected chi connectivity index (χ2v) is 15.8. The quantitative estimate of drug-likeness (QED) is 0.158. The minimum atomic E-state index is -0.936. The van der Waals surface area contributed by atoms with E-state index in [2.05, 4.69) is 20.5 Å². The second kappa shape index (κ2) is 16.8. The zero-order valence-corrected chi connectivity index (χ0v) is 33.4. The molecule has 0 bridgehead atoms. The summed E-state index contributed by atoms with van der Waals surface area (Å²) in [7, 11) is 2.77. The Morgan fingerprint density at radius 3 is 2.55 bits per heavy atom. The van der Waals surface area contributed by atoms with Crippen molar-refractivity contribution >= 4 is 52.4 Å². The summed E-state index contributed by atoms with van der Waals surface area (Å²) in [6.07, 6.45) is 1.63. The molecule has 0 radical (unpaired) electrons. The summed E-state index contributed by atoms with van der Waals surface area (Å²) in [5, 5.41) is 8.50. The van der Waals surface area contributed by atoms with E-state index in [1.807, 2.05) is 0 Å². The van der Waals surface area contributed by atoms with Gasteiger partial charge in [-0.2, -0.15) is 0 Å². The van der Waals surface area contributed by atoms with E-state index in [0.29, 0.717) is 41.7 Å². The van der Waals surface area contributed by atoms with Crippen LogP contribution in [0.25, 0.3) is 0 Å². The lowest BCUT2D eigenvalue weighted by molar-refractivity contribution is -0.136. The molecule has 304 valence electrons. The van der Waals surface area contributed by atoms with Crippen molar-refractivity contribution in [2.75, 3.05) is 58.5 Å². The SMILES string of the molecule is COCC(C)(C)NC(=O)c1ccc(Oc2cc(F)cc(N3CC4CN(CC5=C(C(=O)OC)C(c6ccc(F)cc6Cl)N=C(c6nccs6)N5)CCN4C3=O)c2)c(F)c1. The summed E-state index contributed by atoms with van der Waals surface area (Å²) in [4.78, 5) is 54.3. The average Bonchev–Trinajstić information content (AvgIpc) is 3.83. The van der Waals surface area contributed by atoms with Crippen LogP contribution in [0.3, 0.4) is 0 Å². The van der Waals surface area contributed by atoms with Crippen molar-refractivity contribution in [1.29, 1.82) is 0 Å². The van der Waals surface area contributed by atoms with Gasteiger partial charge in [0, 0.05) is 85.4 Å². The third-order valence-electron chi connectivity index (χ3n) is 9.79. The van der Waals surface area contributed by atoms with Crippen LogP contribution < -0.4 is 20.3 Å². The number of carbonyl (C=O) groups excluding carboxylic acids is 3. The van der Waals surface area contributed by atoms with Gasteiger partial charge in [0.2, 0.25) is 0 Å². The number of urea groups is 1. The Kier molecular flexibility index (Phi) is 11.8. The molecule has 18 heteroatoms. The van der Waals surface area contributed by atoms with Crippen molar-refractivity contribution in [3.8, 4) is 11.5 Å².